The Kier molecular flexibility index (Phi) is 7.11. The third-order valence-electron chi connectivity index (χ3n) is 6.42. The van der Waals surface area contributed by atoms with E-state index in [-0.39, 0.29) is 30.9 Å². The third kappa shape index (κ3) is 6.10. The summed E-state index contributed by atoms with van der Waals surface area (Å²) in [6.45, 7) is 7.70. The van der Waals surface area contributed by atoms with E-state index in [4.69, 9.17) is 14.5 Å². The molecule has 39 heavy (non-hydrogen) atoms. The van der Waals surface area contributed by atoms with E-state index in [1.807, 2.05) is 27.0 Å². The Labute approximate surface area is 225 Å². The van der Waals surface area contributed by atoms with Crippen LogP contribution in [0.5, 0.6) is 5.88 Å². The lowest BCUT2D eigenvalue weighted by Gasteiger charge is -2.26. The fraction of sp³-hybridized carbons (Fsp3) is 0.444. The number of nitrogens with zero attached hydrogens (tertiary/aromatic N) is 4. The SMILES string of the molecule is C[C@H]1CNC(=O)c2cnn3cc(C4=CCC(NC(=O)OC(C)(C)C)CC4)c(nc23)NCc2cc(F)cnc2O1. The first kappa shape index (κ1) is 26.4. The van der Waals surface area contributed by atoms with Gasteiger partial charge in [0.15, 0.2) is 5.65 Å². The Morgan fingerprint density at radius 1 is 1.26 bits per heavy atom. The molecule has 11 nitrogen and oxygen atoms in total. The van der Waals surface area contributed by atoms with Crippen LogP contribution in [-0.4, -0.2) is 55.9 Å². The molecule has 0 fully saturated rings. The van der Waals surface area contributed by atoms with Crippen molar-refractivity contribution >= 4 is 29.0 Å². The van der Waals surface area contributed by atoms with E-state index < -0.39 is 23.6 Å². The molecule has 1 aliphatic carbocycles. The maximum absolute atomic E-state index is 14.1. The Morgan fingerprint density at radius 3 is 2.82 bits per heavy atom. The zero-order valence-corrected chi connectivity index (χ0v) is 22.4. The number of ether oxygens (including phenoxy) is 2. The van der Waals surface area contributed by atoms with Crippen LogP contribution in [0, 0.1) is 5.82 Å². The zero-order valence-electron chi connectivity index (χ0n) is 22.4. The number of fused-ring (bicyclic) bond motifs is 2. The third-order valence-corrected chi connectivity index (χ3v) is 6.42. The second-order valence-corrected chi connectivity index (χ2v) is 10.8. The van der Waals surface area contributed by atoms with E-state index in [2.05, 4.69) is 32.1 Å². The van der Waals surface area contributed by atoms with Gasteiger partial charge in [-0.3, -0.25) is 4.79 Å². The molecule has 1 aliphatic heterocycles. The number of alkyl carbamates (subject to hydrolysis) is 1. The number of amides is 2. The standard InChI is InChI=1S/C27H32FN7O4/c1-15-10-30-24(36)20-13-32-35-14-21(16-5-7-19(8-6-16)33-26(37)39-27(2,3)4)22(34-23(20)35)29-11-17-9-18(28)12-31-25(17)38-15/h5,9,12-15,19H,6-8,10-11H2,1-4H3,(H,29,34)(H,30,36)(H,33,37)/t15-,19?/m0/s1. The Bertz CT molecular complexity index is 1450. The molecule has 1 unspecified atom stereocenters. The normalized spacial score (nSPS) is 19.8. The van der Waals surface area contributed by atoms with E-state index in [1.165, 1.54) is 12.3 Å². The molecule has 2 atom stereocenters. The molecule has 0 aromatic carbocycles. The minimum atomic E-state index is -0.569. The summed E-state index contributed by atoms with van der Waals surface area (Å²) in [4.78, 5) is 34.0. The largest absolute Gasteiger partial charge is 0.473 e. The average molecular weight is 538 g/mol. The van der Waals surface area contributed by atoms with Crippen LogP contribution >= 0.6 is 0 Å². The molecule has 3 N–H and O–H groups in total. The lowest BCUT2D eigenvalue weighted by atomic mass is 9.91. The van der Waals surface area contributed by atoms with E-state index in [0.29, 0.717) is 41.9 Å². The van der Waals surface area contributed by atoms with Gasteiger partial charge >= 0.3 is 6.09 Å². The maximum Gasteiger partial charge on any atom is 0.407 e. The smallest absolute Gasteiger partial charge is 0.407 e. The summed E-state index contributed by atoms with van der Waals surface area (Å²) in [6, 6.07) is 1.31. The summed E-state index contributed by atoms with van der Waals surface area (Å²) < 4.78 is 27.0. The Balaban J connectivity index is 1.47. The summed E-state index contributed by atoms with van der Waals surface area (Å²) in [7, 11) is 0. The number of allylic oxidation sites excluding steroid dienone is 1. The van der Waals surface area contributed by atoms with Crippen LogP contribution in [0.3, 0.4) is 0 Å². The number of hydrogen-bond acceptors (Lipinski definition) is 8. The molecule has 4 heterocycles. The molecule has 3 aromatic rings. The van der Waals surface area contributed by atoms with E-state index in [0.717, 1.165) is 17.3 Å². The van der Waals surface area contributed by atoms with Crippen molar-refractivity contribution in [3.63, 3.8) is 0 Å². The molecule has 206 valence electrons. The number of anilines is 1. The van der Waals surface area contributed by atoms with Crippen molar-refractivity contribution in [3.05, 3.63) is 53.2 Å². The van der Waals surface area contributed by atoms with Gasteiger partial charge in [-0.15, -0.1) is 0 Å². The minimum absolute atomic E-state index is 0.0571. The molecule has 0 spiro atoms. The number of nitrogens with one attached hydrogen (secondary N) is 3. The number of rotatable bonds is 2. The molecule has 0 radical (unpaired) electrons. The van der Waals surface area contributed by atoms with Crippen LogP contribution in [0.15, 0.2) is 30.7 Å². The molecular weight excluding hydrogens is 505 g/mol. The van der Waals surface area contributed by atoms with Gasteiger partial charge in [0, 0.05) is 29.9 Å². The number of carbonyl (C=O) groups is 2. The summed E-state index contributed by atoms with van der Waals surface area (Å²) in [5.74, 6) is -0.0106. The van der Waals surface area contributed by atoms with Crippen molar-refractivity contribution in [1.82, 2.24) is 30.2 Å². The van der Waals surface area contributed by atoms with Crippen molar-refractivity contribution in [2.75, 3.05) is 11.9 Å². The predicted octanol–water partition coefficient (Wildman–Crippen LogP) is 3.85. The molecule has 0 saturated carbocycles. The Morgan fingerprint density at radius 2 is 2.08 bits per heavy atom. The maximum atomic E-state index is 14.1. The van der Waals surface area contributed by atoms with Crippen molar-refractivity contribution in [3.8, 4) is 5.88 Å². The van der Waals surface area contributed by atoms with Crippen LogP contribution in [0.4, 0.5) is 15.0 Å². The van der Waals surface area contributed by atoms with Crippen LogP contribution in [-0.2, 0) is 11.3 Å². The highest BCUT2D eigenvalue weighted by molar-refractivity contribution is 6.00. The van der Waals surface area contributed by atoms with Crippen molar-refractivity contribution in [1.29, 1.82) is 0 Å². The van der Waals surface area contributed by atoms with Gasteiger partial charge < -0.3 is 25.4 Å². The summed E-state index contributed by atoms with van der Waals surface area (Å²) in [5, 5.41) is 13.4. The molecule has 5 rings (SSSR count). The number of halogens is 1. The first-order chi connectivity index (χ1) is 18.6. The van der Waals surface area contributed by atoms with E-state index in [9.17, 15) is 14.0 Å². The molecule has 2 aliphatic rings. The van der Waals surface area contributed by atoms with Crippen LogP contribution in [0.25, 0.3) is 11.2 Å². The van der Waals surface area contributed by atoms with Gasteiger partial charge in [0.1, 0.15) is 28.9 Å². The Hall–Kier alpha value is -4.22. The second-order valence-electron chi connectivity index (χ2n) is 10.8. The van der Waals surface area contributed by atoms with E-state index >= 15 is 0 Å². The summed E-state index contributed by atoms with van der Waals surface area (Å²) in [5.41, 5.74) is 2.49. The van der Waals surface area contributed by atoms with Crippen LogP contribution in [0.1, 0.15) is 68.4 Å². The quantitative estimate of drug-likeness (QED) is 0.449. The highest BCUT2D eigenvalue weighted by Crippen LogP contribution is 2.32. The minimum Gasteiger partial charge on any atom is -0.473 e. The lowest BCUT2D eigenvalue weighted by Crippen LogP contribution is -2.39. The molecule has 2 bridgehead atoms. The monoisotopic (exact) mass is 537 g/mol. The van der Waals surface area contributed by atoms with Gasteiger partial charge in [0.25, 0.3) is 5.91 Å². The first-order valence-electron chi connectivity index (χ1n) is 13.0. The van der Waals surface area contributed by atoms with Gasteiger partial charge in [0.2, 0.25) is 5.88 Å². The van der Waals surface area contributed by atoms with Crippen molar-refractivity contribution < 1.29 is 23.5 Å². The molecule has 2 amide bonds. The topological polar surface area (TPSA) is 132 Å². The molecule has 3 aromatic heterocycles. The van der Waals surface area contributed by atoms with Gasteiger partial charge in [-0.25, -0.2) is 23.7 Å². The molecule has 0 saturated heterocycles. The number of aromatic nitrogens is 4. The van der Waals surface area contributed by atoms with Gasteiger partial charge in [-0.1, -0.05) is 6.08 Å². The highest BCUT2D eigenvalue weighted by Gasteiger charge is 2.25. The van der Waals surface area contributed by atoms with Crippen molar-refractivity contribution in [2.45, 2.75) is 71.2 Å². The molecular formula is C27H32FN7O4. The van der Waals surface area contributed by atoms with E-state index in [1.54, 1.807) is 11.4 Å². The predicted molar refractivity (Wildman–Crippen MR) is 142 cm³/mol. The van der Waals surface area contributed by atoms with Gasteiger partial charge in [-0.05, 0) is 58.6 Å². The summed E-state index contributed by atoms with van der Waals surface area (Å²) >= 11 is 0. The second kappa shape index (κ2) is 10.5. The number of hydrogen-bond donors (Lipinski definition) is 3. The zero-order chi connectivity index (χ0) is 27.7. The number of carbonyl (C=O) groups excluding carboxylic acids is 2. The fourth-order valence-corrected chi connectivity index (χ4v) is 4.57. The lowest BCUT2D eigenvalue weighted by molar-refractivity contribution is 0.0501. The van der Waals surface area contributed by atoms with Gasteiger partial charge in [-0.2, -0.15) is 5.10 Å². The highest BCUT2D eigenvalue weighted by atomic mass is 19.1. The van der Waals surface area contributed by atoms with Crippen LogP contribution in [0.2, 0.25) is 0 Å². The fourth-order valence-electron chi connectivity index (χ4n) is 4.57. The van der Waals surface area contributed by atoms with Gasteiger partial charge in [0.05, 0.1) is 18.9 Å². The van der Waals surface area contributed by atoms with Crippen molar-refractivity contribution in [2.24, 2.45) is 0 Å². The average Bonchev–Trinajstić information content (AvgIpc) is 3.28. The number of pyridine rings is 1. The van der Waals surface area contributed by atoms with Crippen LogP contribution < -0.4 is 20.7 Å². The first-order valence-corrected chi connectivity index (χ1v) is 13.0. The summed E-state index contributed by atoms with van der Waals surface area (Å²) in [6.07, 6.45) is 7.63. The molecule has 12 heteroatoms.